The predicted molar refractivity (Wildman–Crippen MR) is 81.4 cm³/mol. The number of benzene rings is 2. The van der Waals surface area contributed by atoms with Crippen molar-refractivity contribution in [3.63, 3.8) is 0 Å². The van der Waals surface area contributed by atoms with Gasteiger partial charge in [0.2, 0.25) is 0 Å². The second-order valence-corrected chi connectivity index (χ2v) is 4.89. The molecule has 0 heterocycles. The Morgan fingerprint density at radius 3 is 2.00 bits per heavy atom. The lowest BCUT2D eigenvalue weighted by atomic mass is 10.1. The second kappa shape index (κ2) is 7.83. The highest BCUT2D eigenvalue weighted by Crippen LogP contribution is 2.22. The molecule has 106 valence electrons. The minimum atomic E-state index is -0.454. The SMILES string of the molecule is CCC(OCCC(O)c1ccccc1)c1ccccc1. The summed E-state index contributed by atoms with van der Waals surface area (Å²) in [7, 11) is 0. The van der Waals surface area contributed by atoms with Gasteiger partial charge in [-0.05, 0) is 17.5 Å². The van der Waals surface area contributed by atoms with Crippen LogP contribution in [0.4, 0.5) is 0 Å². The van der Waals surface area contributed by atoms with E-state index < -0.39 is 6.10 Å². The first kappa shape index (κ1) is 14.8. The zero-order valence-corrected chi connectivity index (χ0v) is 11.9. The topological polar surface area (TPSA) is 29.5 Å². The summed E-state index contributed by atoms with van der Waals surface area (Å²) in [4.78, 5) is 0. The normalized spacial score (nSPS) is 13.9. The lowest BCUT2D eigenvalue weighted by Crippen LogP contribution is -2.08. The van der Waals surface area contributed by atoms with E-state index in [0.29, 0.717) is 13.0 Å². The van der Waals surface area contributed by atoms with E-state index in [1.54, 1.807) is 0 Å². The molecule has 0 aliphatic heterocycles. The Balaban J connectivity index is 1.83. The van der Waals surface area contributed by atoms with Gasteiger partial charge in [-0.25, -0.2) is 0 Å². The van der Waals surface area contributed by atoms with Gasteiger partial charge in [0.05, 0.1) is 18.8 Å². The minimum absolute atomic E-state index is 0.110. The van der Waals surface area contributed by atoms with Crippen LogP contribution in [0, 0.1) is 0 Å². The van der Waals surface area contributed by atoms with Crippen molar-refractivity contribution in [1.29, 1.82) is 0 Å². The van der Waals surface area contributed by atoms with E-state index >= 15 is 0 Å². The zero-order valence-electron chi connectivity index (χ0n) is 11.9. The lowest BCUT2D eigenvalue weighted by Gasteiger charge is -2.18. The molecular weight excluding hydrogens is 248 g/mol. The summed E-state index contributed by atoms with van der Waals surface area (Å²) in [5, 5.41) is 10.1. The zero-order chi connectivity index (χ0) is 14.2. The monoisotopic (exact) mass is 270 g/mol. The van der Waals surface area contributed by atoms with Crippen LogP contribution in [0.25, 0.3) is 0 Å². The Hall–Kier alpha value is -1.64. The molecular formula is C18H22O2. The molecule has 0 bridgehead atoms. The van der Waals surface area contributed by atoms with Crippen molar-refractivity contribution in [2.24, 2.45) is 0 Å². The van der Waals surface area contributed by atoms with Gasteiger partial charge < -0.3 is 9.84 Å². The molecule has 0 fully saturated rings. The number of rotatable bonds is 7. The maximum absolute atomic E-state index is 10.1. The first-order valence-electron chi connectivity index (χ1n) is 7.20. The van der Waals surface area contributed by atoms with E-state index in [2.05, 4.69) is 19.1 Å². The third-order valence-electron chi connectivity index (χ3n) is 3.44. The van der Waals surface area contributed by atoms with Crippen LogP contribution in [-0.4, -0.2) is 11.7 Å². The molecule has 0 saturated heterocycles. The molecule has 2 rings (SSSR count). The average molecular weight is 270 g/mol. The van der Waals surface area contributed by atoms with Crippen LogP contribution < -0.4 is 0 Å². The lowest BCUT2D eigenvalue weighted by molar-refractivity contribution is 0.0249. The van der Waals surface area contributed by atoms with E-state index in [1.165, 1.54) is 5.56 Å². The molecule has 2 aromatic carbocycles. The van der Waals surface area contributed by atoms with E-state index in [9.17, 15) is 5.11 Å². The Morgan fingerprint density at radius 1 is 0.900 bits per heavy atom. The highest BCUT2D eigenvalue weighted by Gasteiger charge is 2.11. The van der Waals surface area contributed by atoms with Crippen molar-refractivity contribution in [2.75, 3.05) is 6.61 Å². The van der Waals surface area contributed by atoms with Crippen molar-refractivity contribution >= 4 is 0 Å². The molecule has 2 nitrogen and oxygen atoms in total. The maximum atomic E-state index is 10.1. The van der Waals surface area contributed by atoms with Gasteiger partial charge in [-0.15, -0.1) is 0 Å². The molecule has 0 aliphatic rings. The molecule has 0 radical (unpaired) electrons. The summed E-state index contributed by atoms with van der Waals surface area (Å²) in [5.41, 5.74) is 2.15. The molecule has 0 amide bonds. The van der Waals surface area contributed by atoms with Crippen LogP contribution in [0.3, 0.4) is 0 Å². The van der Waals surface area contributed by atoms with Gasteiger partial charge in [0.1, 0.15) is 0 Å². The Bertz CT molecular complexity index is 481. The number of hydrogen-bond donors (Lipinski definition) is 1. The van der Waals surface area contributed by atoms with Crippen LogP contribution >= 0.6 is 0 Å². The highest BCUT2D eigenvalue weighted by molar-refractivity contribution is 5.18. The van der Waals surface area contributed by atoms with Crippen LogP contribution in [0.1, 0.15) is 43.1 Å². The fraction of sp³-hybridized carbons (Fsp3) is 0.333. The van der Waals surface area contributed by atoms with E-state index in [0.717, 1.165) is 12.0 Å². The van der Waals surface area contributed by atoms with Gasteiger partial charge in [0.25, 0.3) is 0 Å². The van der Waals surface area contributed by atoms with Gasteiger partial charge >= 0.3 is 0 Å². The predicted octanol–water partition coefficient (Wildman–Crippen LogP) is 4.28. The Labute approximate surface area is 121 Å². The van der Waals surface area contributed by atoms with Gasteiger partial charge in [-0.2, -0.15) is 0 Å². The summed E-state index contributed by atoms with van der Waals surface area (Å²) in [5.74, 6) is 0. The molecule has 2 unspecified atom stereocenters. The maximum Gasteiger partial charge on any atom is 0.0822 e. The summed E-state index contributed by atoms with van der Waals surface area (Å²) in [6.45, 7) is 2.68. The molecule has 0 spiro atoms. The van der Waals surface area contributed by atoms with E-state index in [-0.39, 0.29) is 6.10 Å². The number of aliphatic hydroxyl groups excluding tert-OH is 1. The highest BCUT2D eigenvalue weighted by atomic mass is 16.5. The van der Waals surface area contributed by atoms with E-state index in [1.807, 2.05) is 48.5 Å². The number of ether oxygens (including phenoxy) is 1. The van der Waals surface area contributed by atoms with Crippen molar-refractivity contribution in [3.8, 4) is 0 Å². The van der Waals surface area contributed by atoms with Crippen LogP contribution in [0.2, 0.25) is 0 Å². The fourth-order valence-corrected chi connectivity index (χ4v) is 2.28. The smallest absolute Gasteiger partial charge is 0.0822 e. The van der Waals surface area contributed by atoms with Gasteiger partial charge in [-0.3, -0.25) is 0 Å². The third kappa shape index (κ3) is 4.19. The Morgan fingerprint density at radius 2 is 1.45 bits per heavy atom. The molecule has 2 heteroatoms. The van der Waals surface area contributed by atoms with Gasteiger partial charge in [0.15, 0.2) is 0 Å². The van der Waals surface area contributed by atoms with Crippen LogP contribution in [0.15, 0.2) is 60.7 Å². The van der Waals surface area contributed by atoms with Crippen molar-refractivity contribution in [3.05, 3.63) is 71.8 Å². The van der Waals surface area contributed by atoms with E-state index in [4.69, 9.17) is 4.74 Å². The van der Waals surface area contributed by atoms with Crippen molar-refractivity contribution in [2.45, 2.75) is 32.0 Å². The molecule has 0 aliphatic carbocycles. The molecule has 2 aromatic rings. The Kier molecular flexibility index (Phi) is 5.78. The fourth-order valence-electron chi connectivity index (χ4n) is 2.28. The summed E-state index contributed by atoms with van der Waals surface area (Å²) < 4.78 is 5.91. The van der Waals surface area contributed by atoms with Gasteiger partial charge in [0, 0.05) is 6.42 Å². The molecule has 2 atom stereocenters. The summed E-state index contributed by atoms with van der Waals surface area (Å²) in [6.07, 6.45) is 1.21. The number of hydrogen-bond acceptors (Lipinski definition) is 2. The first-order chi connectivity index (χ1) is 9.81. The molecule has 0 saturated carbocycles. The molecule has 1 N–H and O–H groups in total. The standard InChI is InChI=1S/C18H22O2/c1-2-18(16-11-7-4-8-12-16)20-14-13-17(19)15-9-5-3-6-10-15/h3-12,17-19H,2,13-14H2,1H3. The molecule has 0 aromatic heterocycles. The van der Waals surface area contributed by atoms with Crippen LogP contribution in [0.5, 0.6) is 0 Å². The van der Waals surface area contributed by atoms with Crippen molar-refractivity contribution in [1.82, 2.24) is 0 Å². The first-order valence-corrected chi connectivity index (χ1v) is 7.20. The van der Waals surface area contributed by atoms with Crippen molar-refractivity contribution < 1.29 is 9.84 Å². The second-order valence-electron chi connectivity index (χ2n) is 4.89. The summed E-state index contributed by atoms with van der Waals surface area (Å²) in [6, 6.07) is 20.0. The molecule has 20 heavy (non-hydrogen) atoms. The quantitative estimate of drug-likeness (QED) is 0.813. The van der Waals surface area contributed by atoms with Gasteiger partial charge in [-0.1, -0.05) is 67.6 Å². The minimum Gasteiger partial charge on any atom is -0.388 e. The largest absolute Gasteiger partial charge is 0.388 e. The summed E-state index contributed by atoms with van der Waals surface area (Å²) >= 11 is 0. The third-order valence-corrected chi connectivity index (χ3v) is 3.44. The van der Waals surface area contributed by atoms with Crippen LogP contribution in [-0.2, 0) is 4.74 Å². The number of aliphatic hydroxyl groups is 1. The average Bonchev–Trinajstić information content (AvgIpc) is 2.53.